The smallest absolute Gasteiger partial charge is 0.233 e. The molecule has 0 aliphatic heterocycles. The quantitative estimate of drug-likeness (QED) is 0.736. The molecule has 0 fully saturated rings. The average molecular weight is 260 g/mol. The van der Waals surface area contributed by atoms with Crippen molar-refractivity contribution in [1.82, 2.24) is 20.6 Å². The van der Waals surface area contributed by atoms with E-state index in [0.29, 0.717) is 19.0 Å². The van der Waals surface area contributed by atoms with E-state index in [1.807, 2.05) is 18.3 Å². The van der Waals surface area contributed by atoms with E-state index in [2.05, 4.69) is 34.4 Å². The summed E-state index contributed by atoms with van der Waals surface area (Å²) < 4.78 is 0. The molecule has 0 bridgehead atoms. The first-order valence-corrected chi connectivity index (χ1v) is 6.55. The third-order valence-corrected chi connectivity index (χ3v) is 2.85. The van der Waals surface area contributed by atoms with E-state index in [0.717, 1.165) is 23.1 Å². The fourth-order valence-corrected chi connectivity index (χ4v) is 1.85. The molecule has 5 heteroatoms. The predicted molar refractivity (Wildman–Crippen MR) is 75.6 cm³/mol. The summed E-state index contributed by atoms with van der Waals surface area (Å²) in [6.07, 6.45) is 3.69. The van der Waals surface area contributed by atoms with E-state index < -0.39 is 0 Å². The number of nitrogens with one attached hydrogen (secondary N) is 3. The maximum Gasteiger partial charge on any atom is 0.233 e. The van der Waals surface area contributed by atoms with Crippen LogP contribution in [0.25, 0.3) is 11.0 Å². The number of H-pyrrole nitrogens is 1. The first-order valence-electron chi connectivity index (χ1n) is 6.55. The molecule has 0 spiro atoms. The summed E-state index contributed by atoms with van der Waals surface area (Å²) in [7, 11) is 0. The van der Waals surface area contributed by atoms with Gasteiger partial charge in [0.05, 0.1) is 6.54 Å². The summed E-state index contributed by atoms with van der Waals surface area (Å²) in [6, 6.07) is 3.93. The van der Waals surface area contributed by atoms with Gasteiger partial charge in [0.2, 0.25) is 5.91 Å². The first kappa shape index (κ1) is 13.5. The van der Waals surface area contributed by atoms with E-state index in [1.54, 1.807) is 6.20 Å². The van der Waals surface area contributed by atoms with Gasteiger partial charge in [-0.15, -0.1) is 0 Å². The molecule has 0 aromatic carbocycles. The zero-order valence-corrected chi connectivity index (χ0v) is 11.4. The molecule has 5 nitrogen and oxygen atoms in total. The Kier molecular flexibility index (Phi) is 4.52. The lowest BCUT2D eigenvalue weighted by atomic mass is 10.2. The number of carbonyl (C=O) groups is 1. The number of fused-ring (bicyclic) bond motifs is 1. The van der Waals surface area contributed by atoms with Crippen molar-refractivity contribution in [3.05, 3.63) is 30.1 Å². The van der Waals surface area contributed by atoms with E-state index >= 15 is 0 Å². The van der Waals surface area contributed by atoms with Crippen LogP contribution in [0.5, 0.6) is 0 Å². The van der Waals surface area contributed by atoms with Crippen LogP contribution in [0.4, 0.5) is 0 Å². The molecule has 1 amide bonds. The normalized spacial score (nSPS) is 11.1. The van der Waals surface area contributed by atoms with E-state index in [-0.39, 0.29) is 5.91 Å². The Labute approximate surface area is 112 Å². The van der Waals surface area contributed by atoms with Crippen molar-refractivity contribution in [3.8, 4) is 0 Å². The van der Waals surface area contributed by atoms with Gasteiger partial charge in [0, 0.05) is 30.9 Å². The van der Waals surface area contributed by atoms with Crippen LogP contribution >= 0.6 is 0 Å². The van der Waals surface area contributed by atoms with Crippen LogP contribution in [0.1, 0.15) is 19.4 Å². The molecule has 0 radical (unpaired) electrons. The Balaban J connectivity index is 1.81. The van der Waals surface area contributed by atoms with Crippen LogP contribution in [-0.2, 0) is 11.3 Å². The molecule has 2 heterocycles. The number of rotatable bonds is 6. The van der Waals surface area contributed by atoms with E-state index in [1.165, 1.54) is 0 Å². The molecule has 102 valence electrons. The Morgan fingerprint density at radius 3 is 3.11 bits per heavy atom. The molecular weight excluding hydrogens is 240 g/mol. The van der Waals surface area contributed by atoms with Gasteiger partial charge >= 0.3 is 0 Å². The standard InChI is InChI=1S/C14H20N4O/c1-10(2)6-17-13(19)9-15-7-11-8-18-14-12(11)4-3-5-16-14/h3-5,8,10,15H,6-7,9H2,1-2H3,(H,16,18)(H,17,19). The Morgan fingerprint density at radius 1 is 1.47 bits per heavy atom. The summed E-state index contributed by atoms with van der Waals surface area (Å²) in [4.78, 5) is 18.9. The number of carbonyl (C=O) groups excluding carboxylic acids is 1. The van der Waals surface area contributed by atoms with Crippen LogP contribution in [0.3, 0.4) is 0 Å². The predicted octanol–water partition coefficient (Wildman–Crippen LogP) is 1.42. The van der Waals surface area contributed by atoms with Gasteiger partial charge in [-0.1, -0.05) is 13.8 Å². The zero-order valence-electron chi connectivity index (χ0n) is 11.4. The fraction of sp³-hybridized carbons (Fsp3) is 0.429. The van der Waals surface area contributed by atoms with Gasteiger partial charge in [-0.2, -0.15) is 0 Å². The van der Waals surface area contributed by atoms with Crippen LogP contribution in [-0.4, -0.2) is 29.0 Å². The van der Waals surface area contributed by atoms with Gasteiger partial charge in [-0.05, 0) is 23.6 Å². The van der Waals surface area contributed by atoms with Crippen molar-refractivity contribution >= 4 is 16.9 Å². The summed E-state index contributed by atoms with van der Waals surface area (Å²) in [5.74, 6) is 0.510. The Morgan fingerprint density at radius 2 is 2.32 bits per heavy atom. The highest BCUT2D eigenvalue weighted by Crippen LogP contribution is 2.14. The molecule has 0 atom stereocenters. The number of pyridine rings is 1. The highest BCUT2D eigenvalue weighted by Gasteiger charge is 2.05. The summed E-state index contributed by atoms with van der Waals surface area (Å²) in [5, 5.41) is 7.12. The molecule has 2 aromatic heterocycles. The van der Waals surface area contributed by atoms with Gasteiger partial charge in [0.25, 0.3) is 0 Å². The van der Waals surface area contributed by atoms with Crippen molar-refractivity contribution in [2.24, 2.45) is 5.92 Å². The number of aromatic nitrogens is 2. The Bertz CT molecular complexity index is 547. The molecular formula is C14H20N4O. The van der Waals surface area contributed by atoms with Gasteiger partial charge in [-0.25, -0.2) is 4.98 Å². The zero-order chi connectivity index (χ0) is 13.7. The maximum absolute atomic E-state index is 11.5. The molecule has 0 saturated heterocycles. The first-order chi connectivity index (χ1) is 9.16. The molecule has 3 N–H and O–H groups in total. The molecule has 0 unspecified atom stereocenters. The third-order valence-electron chi connectivity index (χ3n) is 2.85. The second-order valence-corrected chi connectivity index (χ2v) is 5.01. The minimum atomic E-state index is 0.0340. The summed E-state index contributed by atoms with van der Waals surface area (Å²) >= 11 is 0. The second kappa shape index (κ2) is 6.33. The van der Waals surface area contributed by atoms with Gasteiger partial charge < -0.3 is 15.6 Å². The van der Waals surface area contributed by atoms with Crippen LogP contribution in [0, 0.1) is 5.92 Å². The highest BCUT2D eigenvalue weighted by molar-refractivity contribution is 5.80. The largest absolute Gasteiger partial charge is 0.355 e. The minimum Gasteiger partial charge on any atom is -0.355 e. The second-order valence-electron chi connectivity index (χ2n) is 5.01. The topological polar surface area (TPSA) is 69.8 Å². The summed E-state index contributed by atoms with van der Waals surface area (Å²) in [6.45, 7) is 5.86. The lowest BCUT2D eigenvalue weighted by Gasteiger charge is -2.08. The van der Waals surface area contributed by atoms with E-state index in [9.17, 15) is 4.79 Å². The van der Waals surface area contributed by atoms with E-state index in [4.69, 9.17) is 0 Å². The molecule has 0 aliphatic carbocycles. The minimum absolute atomic E-state index is 0.0340. The number of nitrogens with zero attached hydrogens (tertiary/aromatic N) is 1. The van der Waals surface area contributed by atoms with Crippen LogP contribution in [0.15, 0.2) is 24.5 Å². The average Bonchev–Trinajstić information content (AvgIpc) is 2.80. The molecule has 2 aromatic rings. The van der Waals surface area contributed by atoms with Gasteiger partial charge in [-0.3, -0.25) is 4.79 Å². The third kappa shape index (κ3) is 3.79. The maximum atomic E-state index is 11.5. The van der Waals surface area contributed by atoms with Crippen LogP contribution in [0.2, 0.25) is 0 Å². The van der Waals surface area contributed by atoms with Crippen molar-refractivity contribution in [2.45, 2.75) is 20.4 Å². The lowest BCUT2D eigenvalue weighted by molar-refractivity contribution is -0.120. The van der Waals surface area contributed by atoms with Crippen molar-refractivity contribution in [2.75, 3.05) is 13.1 Å². The monoisotopic (exact) mass is 260 g/mol. The highest BCUT2D eigenvalue weighted by atomic mass is 16.1. The van der Waals surface area contributed by atoms with Crippen molar-refractivity contribution < 1.29 is 4.79 Å². The molecule has 0 saturated carbocycles. The lowest BCUT2D eigenvalue weighted by Crippen LogP contribution is -2.35. The fourth-order valence-electron chi connectivity index (χ4n) is 1.85. The number of amides is 1. The van der Waals surface area contributed by atoms with Gasteiger partial charge in [0.1, 0.15) is 5.65 Å². The van der Waals surface area contributed by atoms with Crippen molar-refractivity contribution in [1.29, 1.82) is 0 Å². The van der Waals surface area contributed by atoms with Gasteiger partial charge in [0.15, 0.2) is 0 Å². The number of hydrogen-bond donors (Lipinski definition) is 3. The summed E-state index contributed by atoms with van der Waals surface area (Å²) in [5.41, 5.74) is 2.00. The van der Waals surface area contributed by atoms with Crippen LogP contribution < -0.4 is 10.6 Å². The van der Waals surface area contributed by atoms with Crippen molar-refractivity contribution in [3.63, 3.8) is 0 Å². The number of hydrogen-bond acceptors (Lipinski definition) is 3. The molecule has 0 aliphatic rings. The number of aromatic amines is 1. The molecule has 2 rings (SSSR count). The molecule has 19 heavy (non-hydrogen) atoms. The SMILES string of the molecule is CC(C)CNC(=O)CNCc1c[nH]c2ncccc12. The Hall–Kier alpha value is -1.88.